The molecule has 1 rings (SSSR count). The fourth-order valence-electron chi connectivity index (χ4n) is 0.652. The standard InChI is InChI=1S/C6H8BN3/c1-4-5(7)2-3-6(9-4)10-8/h2-3H,8H2,1H3,(H,9,10). The number of nitrogens with two attached hydrogens (primary N) is 1. The van der Waals surface area contributed by atoms with Crippen molar-refractivity contribution in [1.29, 1.82) is 0 Å². The normalized spacial score (nSPS) is 9.40. The number of aromatic nitrogens is 1. The summed E-state index contributed by atoms with van der Waals surface area (Å²) in [6.07, 6.45) is 0. The fraction of sp³-hybridized carbons (Fsp3) is 0.167. The molecule has 1 heterocycles. The molecule has 50 valence electrons. The minimum Gasteiger partial charge on any atom is -0.308 e. The lowest BCUT2D eigenvalue weighted by Crippen LogP contribution is -2.14. The van der Waals surface area contributed by atoms with Crippen LogP contribution < -0.4 is 16.7 Å². The summed E-state index contributed by atoms with van der Waals surface area (Å²) >= 11 is 0. The Kier molecular flexibility index (Phi) is 1.92. The molecular formula is C6H8BN3. The van der Waals surface area contributed by atoms with Gasteiger partial charge >= 0.3 is 0 Å². The van der Waals surface area contributed by atoms with Crippen LogP contribution in [0.15, 0.2) is 12.1 Å². The second-order valence-electron chi connectivity index (χ2n) is 2.02. The van der Waals surface area contributed by atoms with Gasteiger partial charge in [-0.25, -0.2) is 10.8 Å². The summed E-state index contributed by atoms with van der Waals surface area (Å²) in [4.78, 5) is 4.03. The molecule has 3 nitrogen and oxygen atoms in total. The Balaban J connectivity index is 3.04. The highest BCUT2D eigenvalue weighted by Crippen LogP contribution is 1.97. The average Bonchev–Trinajstić information content (AvgIpc) is 1.95. The second kappa shape index (κ2) is 2.71. The molecule has 0 saturated heterocycles. The maximum absolute atomic E-state index is 5.51. The SMILES string of the molecule is [B]c1ccc(NN)nc1C. The van der Waals surface area contributed by atoms with Crippen molar-refractivity contribution in [2.45, 2.75) is 6.92 Å². The van der Waals surface area contributed by atoms with Crippen LogP contribution in [0.2, 0.25) is 0 Å². The van der Waals surface area contributed by atoms with Crippen molar-refractivity contribution < 1.29 is 0 Å². The van der Waals surface area contributed by atoms with Crippen molar-refractivity contribution in [3.05, 3.63) is 17.8 Å². The topological polar surface area (TPSA) is 50.9 Å². The molecule has 2 radical (unpaired) electrons. The Morgan fingerprint density at radius 3 is 2.80 bits per heavy atom. The first-order chi connectivity index (χ1) is 4.74. The number of anilines is 1. The molecule has 0 atom stereocenters. The third kappa shape index (κ3) is 1.27. The zero-order valence-electron chi connectivity index (χ0n) is 5.76. The van der Waals surface area contributed by atoms with Gasteiger partial charge in [0, 0.05) is 5.69 Å². The van der Waals surface area contributed by atoms with E-state index in [9.17, 15) is 0 Å². The summed E-state index contributed by atoms with van der Waals surface area (Å²) in [6, 6.07) is 3.49. The van der Waals surface area contributed by atoms with Crippen molar-refractivity contribution in [3.8, 4) is 0 Å². The monoisotopic (exact) mass is 133 g/mol. The maximum Gasteiger partial charge on any atom is 0.140 e. The summed E-state index contributed by atoms with van der Waals surface area (Å²) in [5, 5.41) is 0. The van der Waals surface area contributed by atoms with Gasteiger partial charge in [0.1, 0.15) is 13.7 Å². The number of nitrogens with one attached hydrogen (secondary N) is 1. The number of nitrogens with zero attached hydrogens (tertiary/aromatic N) is 1. The van der Waals surface area contributed by atoms with Crippen molar-refractivity contribution in [1.82, 2.24) is 4.98 Å². The predicted molar refractivity (Wildman–Crippen MR) is 42.2 cm³/mol. The summed E-state index contributed by atoms with van der Waals surface area (Å²) in [7, 11) is 5.51. The van der Waals surface area contributed by atoms with Gasteiger partial charge in [-0.3, -0.25) is 0 Å². The van der Waals surface area contributed by atoms with Gasteiger partial charge in [-0.15, -0.1) is 0 Å². The smallest absolute Gasteiger partial charge is 0.140 e. The Labute approximate surface area is 61.0 Å². The second-order valence-corrected chi connectivity index (χ2v) is 2.02. The zero-order valence-corrected chi connectivity index (χ0v) is 5.76. The average molecular weight is 133 g/mol. The van der Waals surface area contributed by atoms with Gasteiger partial charge in [-0.2, -0.15) is 0 Å². The molecule has 4 heteroatoms. The Morgan fingerprint density at radius 2 is 2.30 bits per heavy atom. The number of rotatable bonds is 1. The lowest BCUT2D eigenvalue weighted by molar-refractivity contribution is 1.17. The highest BCUT2D eigenvalue weighted by molar-refractivity contribution is 6.33. The molecular weight excluding hydrogens is 125 g/mol. The first-order valence-electron chi connectivity index (χ1n) is 2.94. The number of pyridine rings is 1. The van der Waals surface area contributed by atoms with Gasteiger partial charge in [-0.1, -0.05) is 11.5 Å². The van der Waals surface area contributed by atoms with E-state index in [0.29, 0.717) is 11.3 Å². The van der Waals surface area contributed by atoms with E-state index in [4.69, 9.17) is 13.7 Å². The molecule has 3 N–H and O–H groups in total. The van der Waals surface area contributed by atoms with Crippen molar-refractivity contribution in [2.24, 2.45) is 5.84 Å². The van der Waals surface area contributed by atoms with E-state index >= 15 is 0 Å². The van der Waals surface area contributed by atoms with Gasteiger partial charge in [0.2, 0.25) is 0 Å². The van der Waals surface area contributed by atoms with E-state index in [1.165, 1.54) is 0 Å². The van der Waals surface area contributed by atoms with Gasteiger partial charge in [0.25, 0.3) is 0 Å². The minimum atomic E-state index is 0.631. The molecule has 0 aliphatic rings. The first-order valence-corrected chi connectivity index (χ1v) is 2.94. The molecule has 1 aromatic rings. The Bertz CT molecular complexity index is 236. The van der Waals surface area contributed by atoms with E-state index in [0.717, 1.165) is 5.69 Å². The van der Waals surface area contributed by atoms with Gasteiger partial charge in [0.05, 0.1) is 0 Å². The van der Waals surface area contributed by atoms with Crippen molar-refractivity contribution in [2.75, 3.05) is 5.43 Å². The van der Waals surface area contributed by atoms with Crippen LogP contribution in [0, 0.1) is 6.92 Å². The van der Waals surface area contributed by atoms with E-state index < -0.39 is 0 Å². The highest BCUT2D eigenvalue weighted by Gasteiger charge is 1.93. The summed E-state index contributed by atoms with van der Waals surface area (Å²) < 4.78 is 0. The summed E-state index contributed by atoms with van der Waals surface area (Å²) in [5.74, 6) is 5.75. The van der Waals surface area contributed by atoms with Crippen LogP contribution in [0.4, 0.5) is 5.82 Å². The van der Waals surface area contributed by atoms with Crippen LogP contribution in [0.5, 0.6) is 0 Å². The minimum absolute atomic E-state index is 0.631. The molecule has 0 bridgehead atoms. The lowest BCUT2D eigenvalue weighted by Gasteiger charge is -2.01. The highest BCUT2D eigenvalue weighted by atomic mass is 15.2. The Hall–Kier alpha value is -1.03. The summed E-state index contributed by atoms with van der Waals surface area (Å²) in [6.45, 7) is 1.83. The van der Waals surface area contributed by atoms with E-state index in [1.54, 1.807) is 12.1 Å². The van der Waals surface area contributed by atoms with Gasteiger partial charge < -0.3 is 5.43 Å². The van der Waals surface area contributed by atoms with E-state index in [2.05, 4.69) is 10.4 Å². The molecule has 0 aliphatic heterocycles. The maximum atomic E-state index is 5.51. The number of aryl methyl sites for hydroxylation is 1. The molecule has 0 saturated carbocycles. The number of hydrogen-bond acceptors (Lipinski definition) is 3. The molecule has 0 unspecified atom stereocenters. The summed E-state index contributed by atoms with van der Waals surface area (Å²) in [5.41, 5.74) is 3.90. The fourth-order valence-corrected chi connectivity index (χ4v) is 0.652. The van der Waals surface area contributed by atoms with Crippen LogP contribution in [-0.2, 0) is 0 Å². The van der Waals surface area contributed by atoms with Crippen LogP contribution in [-0.4, -0.2) is 12.8 Å². The van der Waals surface area contributed by atoms with Crippen molar-refractivity contribution >= 4 is 19.1 Å². The van der Waals surface area contributed by atoms with Crippen LogP contribution in [0.3, 0.4) is 0 Å². The molecule has 10 heavy (non-hydrogen) atoms. The van der Waals surface area contributed by atoms with E-state index in [-0.39, 0.29) is 0 Å². The first kappa shape index (κ1) is 7.09. The third-order valence-corrected chi connectivity index (χ3v) is 1.27. The van der Waals surface area contributed by atoms with E-state index in [1.807, 2.05) is 6.92 Å². The van der Waals surface area contributed by atoms with Crippen LogP contribution in [0.25, 0.3) is 0 Å². The quantitative estimate of drug-likeness (QED) is 0.307. The number of hydrazine groups is 1. The van der Waals surface area contributed by atoms with Crippen molar-refractivity contribution in [3.63, 3.8) is 0 Å². The predicted octanol–water partition coefficient (Wildman–Crippen LogP) is -0.531. The lowest BCUT2D eigenvalue weighted by atomic mass is 9.95. The Morgan fingerprint density at radius 1 is 1.60 bits per heavy atom. The molecule has 0 aliphatic carbocycles. The molecule has 0 fully saturated rings. The van der Waals surface area contributed by atoms with Crippen LogP contribution >= 0.6 is 0 Å². The third-order valence-electron chi connectivity index (χ3n) is 1.27. The number of hydrogen-bond donors (Lipinski definition) is 2. The van der Waals surface area contributed by atoms with Gasteiger partial charge in [-0.05, 0) is 13.0 Å². The molecule has 0 amide bonds. The van der Waals surface area contributed by atoms with Gasteiger partial charge in [0.15, 0.2) is 0 Å². The number of nitrogen functional groups attached to an aromatic ring is 1. The van der Waals surface area contributed by atoms with Crippen LogP contribution in [0.1, 0.15) is 5.69 Å². The zero-order chi connectivity index (χ0) is 7.56. The molecule has 0 spiro atoms. The largest absolute Gasteiger partial charge is 0.308 e. The molecule has 1 aromatic heterocycles. The molecule has 0 aromatic carbocycles.